The van der Waals surface area contributed by atoms with E-state index in [-0.39, 0.29) is 5.54 Å². The standard InChI is InChI=1S/C13H17N5/c1-13(2,3)17-7-10-8-18(16-11(10)9-17)12-14-5-4-6-15-12/h4-6,8H,7,9H2,1-3H3. The lowest BCUT2D eigenvalue weighted by Gasteiger charge is -2.31. The fourth-order valence-electron chi connectivity index (χ4n) is 2.14. The molecule has 0 saturated carbocycles. The fraction of sp³-hybridized carbons (Fsp3) is 0.462. The zero-order valence-electron chi connectivity index (χ0n) is 11.0. The molecule has 3 heterocycles. The number of rotatable bonds is 1. The van der Waals surface area contributed by atoms with Crippen LogP contribution >= 0.6 is 0 Å². The third-order valence-corrected chi connectivity index (χ3v) is 3.28. The first-order chi connectivity index (χ1) is 8.54. The van der Waals surface area contributed by atoms with E-state index in [0.717, 1.165) is 18.8 Å². The van der Waals surface area contributed by atoms with Crippen LogP contribution in [0.3, 0.4) is 0 Å². The zero-order chi connectivity index (χ0) is 12.8. The van der Waals surface area contributed by atoms with Crippen molar-refractivity contribution in [3.63, 3.8) is 0 Å². The van der Waals surface area contributed by atoms with Gasteiger partial charge in [-0.05, 0) is 26.8 Å². The minimum atomic E-state index is 0.182. The highest BCUT2D eigenvalue weighted by molar-refractivity contribution is 5.25. The van der Waals surface area contributed by atoms with Gasteiger partial charge in [0.05, 0.1) is 5.69 Å². The van der Waals surface area contributed by atoms with Crippen molar-refractivity contribution >= 4 is 0 Å². The van der Waals surface area contributed by atoms with Crippen LogP contribution in [0.25, 0.3) is 5.95 Å². The molecule has 18 heavy (non-hydrogen) atoms. The van der Waals surface area contributed by atoms with Gasteiger partial charge in [0, 0.05) is 42.8 Å². The molecule has 2 aromatic rings. The molecule has 0 saturated heterocycles. The van der Waals surface area contributed by atoms with Crippen LogP contribution in [0.5, 0.6) is 0 Å². The summed E-state index contributed by atoms with van der Waals surface area (Å²) in [6, 6.07) is 1.81. The molecule has 0 radical (unpaired) electrons. The molecule has 1 aliphatic heterocycles. The van der Waals surface area contributed by atoms with E-state index in [2.05, 4.69) is 40.7 Å². The van der Waals surface area contributed by atoms with Crippen molar-refractivity contribution in [1.82, 2.24) is 24.6 Å². The fourth-order valence-corrected chi connectivity index (χ4v) is 2.14. The Bertz CT molecular complexity index is 529. The largest absolute Gasteiger partial charge is 0.288 e. The van der Waals surface area contributed by atoms with Gasteiger partial charge in [-0.15, -0.1) is 0 Å². The normalized spacial score (nSPS) is 15.9. The van der Waals surface area contributed by atoms with Gasteiger partial charge < -0.3 is 0 Å². The molecule has 0 spiro atoms. The average Bonchev–Trinajstić information content (AvgIpc) is 2.86. The summed E-state index contributed by atoms with van der Waals surface area (Å²) in [7, 11) is 0. The molecule has 1 aliphatic rings. The summed E-state index contributed by atoms with van der Waals surface area (Å²) < 4.78 is 1.77. The monoisotopic (exact) mass is 243 g/mol. The van der Waals surface area contributed by atoms with Gasteiger partial charge in [-0.2, -0.15) is 5.10 Å². The summed E-state index contributed by atoms with van der Waals surface area (Å²) in [5.74, 6) is 0.634. The average molecular weight is 243 g/mol. The Morgan fingerprint density at radius 3 is 2.44 bits per heavy atom. The van der Waals surface area contributed by atoms with Gasteiger partial charge in [-0.1, -0.05) is 0 Å². The van der Waals surface area contributed by atoms with E-state index in [1.54, 1.807) is 17.1 Å². The summed E-state index contributed by atoms with van der Waals surface area (Å²) in [6.07, 6.45) is 5.50. The summed E-state index contributed by atoms with van der Waals surface area (Å²) in [4.78, 5) is 10.8. The predicted molar refractivity (Wildman–Crippen MR) is 68.2 cm³/mol. The second-order valence-electron chi connectivity index (χ2n) is 5.62. The topological polar surface area (TPSA) is 46.8 Å². The first-order valence-electron chi connectivity index (χ1n) is 6.14. The van der Waals surface area contributed by atoms with Gasteiger partial charge in [-0.3, -0.25) is 4.90 Å². The molecular formula is C13H17N5. The van der Waals surface area contributed by atoms with E-state index < -0.39 is 0 Å². The number of nitrogens with zero attached hydrogens (tertiary/aromatic N) is 5. The molecule has 0 aliphatic carbocycles. The van der Waals surface area contributed by atoms with Gasteiger partial charge >= 0.3 is 0 Å². The lowest BCUT2D eigenvalue weighted by atomic mass is 10.1. The molecule has 3 rings (SSSR count). The maximum Gasteiger partial charge on any atom is 0.250 e. The molecule has 5 nitrogen and oxygen atoms in total. The third kappa shape index (κ3) is 1.90. The summed E-state index contributed by atoms with van der Waals surface area (Å²) in [5.41, 5.74) is 2.59. The maximum absolute atomic E-state index is 4.57. The Hall–Kier alpha value is -1.75. The molecule has 0 fully saturated rings. The van der Waals surface area contributed by atoms with Crippen LogP contribution in [0.2, 0.25) is 0 Å². The summed E-state index contributed by atoms with van der Waals surface area (Å²) in [5, 5.41) is 4.57. The van der Waals surface area contributed by atoms with Crippen LogP contribution in [-0.4, -0.2) is 30.2 Å². The minimum Gasteiger partial charge on any atom is -0.288 e. The minimum absolute atomic E-state index is 0.182. The molecule has 0 amide bonds. The van der Waals surface area contributed by atoms with E-state index in [9.17, 15) is 0 Å². The molecule has 0 unspecified atom stereocenters. The molecule has 2 aromatic heterocycles. The third-order valence-electron chi connectivity index (χ3n) is 3.28. The number of fused-ring (bicyclic) bond motifs is 1. The van der Waals surface area contributed by atoms with Crippen molar-refractivity contribution in [2.24, 2.45) is 0 Å². The SMILES string of the molecule is CC(C)(C)N1Cc2cn(-c3ncccn3)nc2C1. The molecular weight excluding hydrogens is 226 g/mol. The second kappa shape index (κ2) is 3.88. The van der Waals surface area contributed by atoms with Gasteiger partial charge in [0.1, 0.15) is 0 Å². The first kappa shape index (κ1) is 11.3. The van der Waals surface area contributed by atoms with E-state index in [0.29, 0.717) is 5.95 Å². The Morgan fingerprint density at radius 2 is 1.83 bits per heavy atom. The van der Waals surface area contributed by atoms with Gasteiger partial charge in [0.15, 0.2) is 0 Å². The highest BCUT2D eigenvalue weighted by Crippen LogP contribution is 2.28. The molecule has 94 valence electrons. The van der Waals surface area contributed by atoms with E-state index in [1.807, 2.05) is 12.3 Å². The zero-order valence-corrected chi connectivity index (χ0v) is 11.0. The molecule has 0 bridgehead atoms. The van der Waals surface area contributed by atoms with Crippen molar-refractivity contribution in [2.45, 2.75) is 39.4 Å². The van der Waals surface area contributed by atoms with Crippen LogP contribution in [-0.2, 0) is 13.1 Å². The van der Waals surface area contributed by atoms with Gasteiger partial charge in [0.2, 0.25) is 5.95 Å². The smallest absolute Gasteiger partial charge is 0.250 e. The van der Waals surface area contributed by atoms with Gasteiger partial charge in [-0.25, -0.2) is 14.6 Å². The predicted octanol–water partition coefficient (Wildman–Crippen LogP) is 1.78. The quantitative estimate of drug-likeness (QED) is 0.766. The highest BCUT2D eigenvalue weighted by Gasteiger charge is 2.30. The van der Waals surface area contributed by atoms with Crippen molar-refractivity contribution < 1.29 is 0 Å². The van der Waals surface area contributed by atoms with Crippen LogP contribution < -0.4 is 0 Å². The Morgan fingerprint density at radius 1 is 1.11 bits per heavy atom. The van der Waals surface area contributed by atoms with Crippen molar-refractivity contribution in [3.05, 3.63) is 35.9 Å². The van der Waals surface area contributed by atoms with Crippen molar-refractivity contribution in [1.29, 1.82) is 0 Å². The van der Waals surface area contributed by atoms with Crippen LogP contribution in [0.1, 0.15) is 32.0 Å². The lowest BCUT2D eigenvalue weighted by molar-refractivity contribution is 0.134. The maximum atomic E-state index is 4.57. The van der Waals surface area contributed by atoms with Gasteiger partial charge in [0.25, 0.3) is 0 Å². The second-order valence-corrected chi connectivity index (χ2v) is 5.62. The number of aromatic nitrogens is 4. The Labute approximate surface area is 106 Å². The molecule has 5 heteroatoms. The van der Waals surface area contributed by atoms with E-state index in [4.69, 9.17) is 0 Å². The van der Waals surface area contributed by atoms with E-state index in [1.165, 1.54) is 5.56 Å². The lowest BCUT2D eigenvalue weighted by Crippen LogP contribution is -2.37. The molecule has 0 atom stereocenters. The number of hydrogen-bond donors (Lipinski definition) is 0. The number of hydrogen-bond acceptors (Lipinski definition) is 4. The summed E-state index contributed by atoms with van der Waals surface area (Å²) >= 11 is 0. The van der Waals surface area contributed by atoms with E-state index >= 15 is 0 Å². The van der Waals surface area contributed by atoms with Crippen LogP contribution in [0.15, 0.2) is 24.7 Å². The van der Waals surface area contributed by atoms with Crippen LogP contribution in [0, 0.1) is 0 Å². The van der Waals surface area contributed by atoms with Crippen molar-refractivity contribution in [3.8, 4) is 5.95 Å². The van der Waals surface area contributed by atoms with Crippen molar-refractivity contribution in [2.75, 3.05) is 0 Å². The molecule has 0 N–H and O–H groups in total. The molecule has 0 aromatic carbocycles. The first-order valence-corrected chi connectivity index (χ1v) is 6.14. The van der Waals surface area contributed by atoms with Crippen LogP contribution in [0.4, 0.5) is 0 Å². The Kier molecular flexibility index (Phi) is 2.45. The Balaban J connectivity index is 1.87. The highest BCUT2D eigenvalue weighted by atomic mass is 15.4. The summed E-state index contributed by atoms with van der Waals surface area (Å²) in [6.45, 7) is 8.54.